The molecule has 3 rings (SSSR count). The Morgan fingerprint density at radius 3 is 2.47 bits per heavy atom. The number of aromatic amines is 2. The predicted octanol–water partition coefficient (Wildman–Crippen LogP) is -2.93. The highest BCUT2D eigenvalue weighted by atomic mass is 31.3. The average Bonchev–Trinajstić information content (AvgIpc) is 3.29. The maximum Gasteiger partial charge on any atom is 0.490 e. The quantitative estimate of drug-likeness (QED) is 0.115. The van der Waals surface area contributed by atoms with Crippen LogP contribution < -0.4 is 22.3 Å². The van der Waals surface area contributed by atoms with Crippen LogP contribution >= 0.6 is 23.5 Å². The molecule has 1 amide bonds. The summed E-state index contributed by atoms with van der Waals surface area (Å²) < 4.78 is 57.6. The number of nitrogens with two attached hydrogens (primary N) is 1. The third-order valence-corrected chi connectivity index (χ3v) is 8.33. The van der Waals surface area contributed by atoms with E-state index in [0.29, 0.717) is 0 Å². The summed E-state index contributed by atoms with van der Waals surface area (Å²) >= 11 is 0. The summed E-state index contributed by atoms with van der Waals surface area (Å²) in [6, 6.07) is 0. The van der Waals surface area contributed by atoms with E-state index in [1.807, 2.05) is 4.98 Å². The minimum atomic E-state index is -5.81. The smallest absolute Gasteiger partial charge is 0.439 e. The van der Waals surface area contributed by atoms with Crippen molar-refractivity contribution in [1.82, 2.24) is 24.8 Å². The van der Waals surface area contributed by atoms with Gasteiger partial charge in [-0.1, -0.05) is 0 Å². The van der Waals surface area contributed by atoms with Gasteiger partial charge in [0.1, 0.15) is 17.9 Å². The predicted molar refractivity (Wildman–Crippen MR) is 118 cm³/mol. The number of nitrogens with zero attached hydrogens (tertiary/aromatic N) is 2. The lowest BCUT2D eigenvalue weighted by molar-refractivity contribution is -0.0522. The average molecular weight is 610 g/mol. The van der Waals surface area contributed by atoms with E-state index in [0.717, 1.165) is 10.9 Å². The maximum atomic E-state index is 12.1. The van der Waals surface area contributed by atoms with E-state index < -0.39 is 72.0 Å². The molecule has 214 valence electrons. The molecular weight excluding hydrogens is 589 g/mol. The standard InChI is InChI=1S/C13H21N6O16P3/c14-1-2-15-13(23)33-8-7(20)5(3-31-37(27,28)35-38(29,30)34-36(24,25)26)32-11(8)19-4-16-6-9(19)17-12(22)18-10(6)21/h4-5,7-8,11,20H,1-3,14H2,(H,15,23)(H,27,28)(H,29,30)(H2,24,25,26)(H2,17,18,21,22)/t5-,7-,8-,11-/m1/s1. The molecular formula is C13H21N6O16P3. The van der Waals surface area contributed by atoms with Gasteiger partial charge >= 0.3 is 35.3 Å². The Labute approximate surface area is 209 Å². The minimum Gasteiger partial charge on any atom is -0.439 e. The summed E-state index contributed by atoms with van der Waals surface area (Å²) in [5.41, 5.74) is 2.98. The first-order valence-electron chi connectivity index (χ1n) is 9.97. The van der Waals surface area contributed by atoms with Gasteiger partial charge in [-0.05, 0) is 0 Å². The number of imidazole rings is 1. The zero-order chi connectivity index (χ0) is 28.5. The van der Waals surface area contributed by atoms with Crippen molar-refractivity contribution in [3.8, 4) is 0 Å². The van der Waals surface area contributed by atoms with Crippen LogP contribution in [0.4, 0.5) is 4.79 Å². The van der Waals surface area contributed by atoms with Crippen LogP contribution in [0.1, 0.15) is 6.23 Å². The lowest BCUT2D eigenvalue weighted by Gasteiger charge is -2.22. The summed E-state index contributed by atoms with van der Waals surface area (Å²) in [5, 5.41) is 13.0. The second-order valence-electron chi connectivity index (χ2n) is 7.29. The monoisotopic (exact) mass is 610 g/mol. The number of phosphoric acid groups is 3. The molecule has 0 saturated carbocycles. The molecule has 0 bridgehead atoms. The topological polar surface area (TPSA) is 337 Å². The number of aliphatic hydroxyl groups is 1. The number of H-pyrrole nitrogens is 2. The molecule has 2 aromatic rings. The number of ether oxygens (including phenoxy) is 2. The third kappa shape index (κ3) is 7.64. The summed E-state index contributed by atoms with van der Waals surface area (Å²) in [4.78, 5) is 80.0. The lowest BCUT2D eigenvalue weighted by atomic mass is 10.1. The van der Waals surface area contributed by atoms with E-state index in [4.69, 9.17) is 25.0 Å². The largest absolute Gasteiger partial charge is 0.490 e. The zero-order valence-corrected chi connectivity index (χ0v) is 21.2. The number of aromatic nitrogens is 4. The van der Waals surface area contributed by atoms with Crippen molar-refractivity contribution in [1.29, 1.82) is 0 Å². The molecule has 10 N–H and O–H groups in total. The van der Waals surface area contributed by atoms with Gasteiger partial charge in [0.2, 0.25) is 0 Å². The molecule has 38 heavy (non-hydrogen) atoms. The van der Waals surface area contributed by atoms with Crippen LogP contribution in [0.3, 0.4) is 0 Å². The number of amides is 1. The maximum absolute atomic E-state index is 12.1. The van der Waals surface area contributed by atoms with Crippen LogP contribution in [0, 0.1) is 0 Å². The molecule has 2 aromatic heterocycles. The van der Waals surface area contributed by atoms with Gasteiger partial charge in [-0.3, -0.25) is 23.9 Å². The fraction of sp³-hybridized carbons (Fsp3) is 0.538. The molecule has 0 spiro atoms. The number of carbonyl (C=O) groups is 1. The molecule has 1 saturated heterocycles. The Morgan fingerprint density at radius 1 is 1.16 bits per heavy atom. The number of hydrogen-bond acceptors (Lipinski definition) is 14. The van der Waals surface area contributed by atoms with E-state index in [1.54, 1.807) is 0 Å². The van der Waals surface area contributed by atoms with E-state index in [-0.39, 0.29) is 24.3 Å². The lowest BCUT2D eigenvalue weighted by Crippen LogP contribution is -2.41. The number of hydrogen-bond donors (Lipinski definition) is 9. The van der Waals surface area contributed by atoms with E-state index in [9.17, 15) is 43.0 Å². The molecule has 0 aromatic carbocycles. The van der Waals surface area contributed by atoms with Crippen LogP contribution in [0.5, 0.6) is 0 Å². The van der Waals surface area contributed by atoms with E-state index in [2.05, 4.69) is 28.4 Å². The van der Waals surface area contributed by atoms with Crippen molar-refractivity contribution >= 4 is 40.7 Å². The van der Waals surface area contributed by atoms with Gasteiger partial charge in [0, 0.05) is 13.1 Å². The number of carbonyl (C=O) groups excluding carboxylic acids is 1. The number of nitrogens with one attached hydrogen (secondary N) is 3. The van der Waals surface area contributed by atoms with Crippen LogP contribution in [-0.4, -0.2) is 88.3 Å². The molecule has 1 aliphatic rings. The van der Waals surface area contributed by atoms with E-state index >= 15 is 0 Å². The number of alkyl carbamates (subject to hydrolysis) is 1. The Bertz CT molecular complexity index is 1430. The number of aliphatic hydroxyl groups excluding tert-OH is 1. The highest BCUT2D eigenvalue weighted by molar-refractivity contribution is 7.66. The Hall–Kier alpha value is -2.29. The highest BCUT2D eigenvalue weighted by Crippen LogP contribution is 2.66. The van der Waals surface area contributed by atoms with Crippen molar-refractivity contribution in [2.24, 2.45) is 5.73 Å². The van der Waals surface area contributed by atoms with Gasteiger partial charge in [-0.2, -0.15) is 8.62 Å². The SMILES string of the molecule is NCCNC(=O)O[C@@H]1[C@H](O)[C@@H](COP(=O)(O)OP(=O)(O)OP(=O)(O)O)O[C@H]1n1cnc2c(=O)[nH]c(=O)[nH]c21. The molecule has 1 fully saturated rings. The first-order valence-corrected chi connectivity index (χ1v) is 14.5. The van der Waals surface area contributed by atoms with Crippen LogP contribution in [0.15, 0.2) is 15.9 Å². The van der Waals surface area contributed by atoms with Crippen molar-refractivity contribution < 1.29 is 65.8 Å². The van der Waals surface area contributed by atoms with Crippen LogP contribution in [-0.2, 0) is 36.3 Å². The zero-order valence-electron chi connectivity index (χ0n) is 18.5. The van der Waals surface area contributed by atoms with Crippen molar-refractivity contribution in [3.63, 3.8) is 0 Å². The fourth-order valence-corrected chi connectivity index (χ4v) is 6.19. The Kier molecular flexibility index (Phi) is 9.11. The van der Waals surface area contributed by atoms with Crippen molar-refractivity contribution in [2.45, 2.75) is 24.5 Å². The molecule has 0 aliphatic carbocycles. The number of phosphoric ester groups is 1. The molecule has 2 unspecified atom stereocenters. The molecule has 22 nitrogen and oxygen atoms in total. The fourth-order valence-electron chi connectivity index (χ4n) is 3.16. The summed E-state index contributed by atoms with van der Waals surface area (Å²) in [7, 11) is -17.0. The highest BCUT2D eigenvalue weighted by Gasteiger charge is 2.49. The first kappa shape index (κ1) is 30.3. The molecule has 1 aliphatic heterocycles. The van der Waals surface area contributed by atoms with Gasteiger partial charge in [-0.15, -0.1) is 0 Å². The minimum absolute atomic E-state index is 0.0284. The van der Waals surface area contributed by atoms with Gasteiger partial charge < -0.3 is 45.2 Å². The Balaban J connectivity index is 1.84. The number of fused-ring (bicyclic) bond motifs is 1. The molecule has 0 radical (unpaired) electrons. The normalized spacial score (nSPS) is 25.1. The summed E-state index contributed by atoms with van der Waals surface area (Å²) in [5.74, 6) is 0. The van der Waals surface area contributed by atoms with Gasteiger partial charge in [-0.25, -0.2) is 28.3 Å². The van der Waals surface area contributed by atoms with Gasteiger partial charge in [0.25, 0.3) is 5.56 Å². The summed E-state index contributed by atoms with van der Waals surface area (Å²) in [6.07, 6.45) is -6.76. The van der Waals surface area contributed by atoms with Gasteiger partial charge in [0.05, 0.1) is 12.9 Å². The second-order valence-corrected chi connectivity index (χ2v) is 11.7. The molecule has 3 heterocycles. The van der Waals surface area contributed by atoms with Crippen LogP contribution in [0.2, 0.25) is 0 Å². The Morgan fingerprint density at radius 2 is 1.84 bits per heavy atom. The molecule has 25 heteroatoms. The van der Waals surface area contributed by atoms with Gasteiger partial charge in [0.15, 0.2) is 17.8 Å². The third-order valence-electron chi connectivity index (χ3n) is 4.53. The van der Waals surface area contributed by atoms with Crippen molar-refractivity contribution in [2.75, 3.05) is 19.7 Å². The van der Waals surface area contributed by atoms with Crippen LogP contribution in [0.25, 0.3) is 11.2 Å². The second kappa shape index (κ2) is 11.4. The van der Waals surface area contributed by atoms with Crippen molar-refractivity contribution in [3.05, 3.63) is 27.2 Å². The molecule has 6 atom stereocenters. The van der Waals surface area contributed by atoms with E-state index in [1.165, 1.54) is 0 Å². The summed E-state index contributed by atoms with van der Waals surface area (Å²) in [6.45, 7) is -1.10. The number of rotatable bonds is 11. The first-order chi connectivity index (χ1) is 17.5.